The van der Waals surface area contributed by atoms with Crippen LogP contribution in [0.3, 0.4) is 0 Å². The first-order chi connectivity index (χ1) is 8.99. The smallest absolute Gasteiger partial charge is 0.292 e. The third-order valence-electron chi connectivity index (χ3n) is 2.66. The molecule has 1 rings (SSSR count). The van der Waals surface area contributed by atoms with Crippen molar-refractivity contribution in [1.82, 2.24) is 5.32 Å². The van der Waals surface area contributed by atoms with Crippen LogP contribution in [0.25, 0.3) is 0 Å². The van der Waals surface area contributed by atoms with Crippen LogP contribution < -0.4 is 16.0 Å². The molecule has 1 amide bonds. The Hall–Kier alpha value is -2.31. The second-order valence-electron chi connectivity index (χ2n) is 3.97. The van der Waals surface area contributed by atoms with Gasteiger partial charge in [0, 0.05) is 24.8 Å². The van der Waals surface area contributed by atoms with Crippen LogP contribution in [-0.2, 0) is 4.79 Å². The first-order valence-electron chi connectivity index (χ1n) is 6.05. The number of nitrogens with zero attached hydrogens (tertiary/aromatic N) is 2. The first-order valence-corrected chi connectivity index (χ1v) is 6.05. The maximum Gasteiger partial charge on any atom is 0.292 e. The lowest BCUT2D eigenvalue weighted by molar-refractivity contribution is -0.383. The summed E-state index contributed by atoms with van der Waals surface area (Å²) in [5, 5.41) is 13.4. The molecule has 0 unspecified atom stereocenters. The molecule has 1 aromatic carbocycles. The molecule has 7 heteroatoms. The second-order valence-corrected chi connectivity index (χ2v) is 3.97. The van der Waals surface area contributed by atoms with Crippen molar-refractivity contribution in [1.29, 1.82) is 0 Å². The number of hydrogen-bond donors (Lipinski definition) is 2. The Kier molecular flexibility index (Phi) is 5.11. The minimum absolute atomic E-state index is 0.0943. The van der Waals surface area contributed by atoms with Gasteiger partial charge in [-0.2, -0.15) is 0 Å². The third-order valence-corrected chi connectivity index (χ3v) is 2.66. The molecule has 0 spiro atoms. The number of rotatable bonds is 6. The van der Waals surface area contributed by atoms with Crippen LogP contribution >= 0.6 is 0 Å². The molecule has 0 bridgehead atoms. The van der Waals surface area contributed by atoms with Gasteiger partial charge in [0.25, 0.3) is 5.69 Å². The molecule has 0 heterocycles. The summed E-state index contributed by atoms with van der Waals surface area (Å²) in [7, 11) is 0. The van der Waals surface area contributed by atoms with E-state index in [0.29, 0.717) is 18.8 Å². The van der Waals surface area contributed by atoms with E-state index in [-0.39, 0.29) is 23.8 Å². The fourth-order valence-corrected chi connectivity index (χ4v) is 1.72. The van der Waals surface area contributed by atoms with Crippen molar-refractivity contribution in [3.63, 3.8) is 0 Å². The summed E-state index contributed by atoms with van der Waals surface area (Å²) in [5.74, 6) is -0.0960. The van der Waals surface area contributed by atoms with Gasteiger partial charge in [-0.05, 0) is 26.0 Å². The van der Waals surface area contributed by atoms with Crippen molar-refractivity contribution in [2.24, 2.45) is 0 Å². The SMILES string of the molecule is CCNC(=O)CN(CC)c1ccc([N+](=O)[O-])c(N)c1. The van der Waals surface area contributed by atoms with E-state index in [2.05, 4.69) is 5.32 Å². The standard InChI is InChI=1S/C12H18N4O3/c1-3-14-12(17)8-15(4-2)9-5-6-11(16(18)19)10(13)7-9/h5-7H,3-4,8,13H2,1-2H3,(H,14,17). The summed E-state index contributed by atoms with van der Waals surface area (Å²) in [4.78, 5) is 23.5. The fraction of sp³-hybridized carbons (Fsp3) is 0.417. The molecule has 7 nitrogen and oxygen atoms in total. The molecule has 0 atom stereocenters. The fourth-order valence-electron chi connectivity index (χ4n) is 1.72. The molecule has 0 aromatic heterocycles. The van der Waals surface area contributed by atoms with Gasteiger partial charge in [-0.3, -0.25) is 14.9 Å². The van der Waals surface area contributed by atoms with Crippen molar-refractivity contribution in [3.8, 4) is 0 Å². The highest BCUT2D eigenvalue weighted by atomic mass is 16.6. The molecule has 0 saturated heterocycles. The third kappa shape index (κ3) is 3.84. The monoisotopic (exact) mass is 266 g/mol. The highest BCUT2D eigenvalue weighted by Crippen LogP contribution is 2.26. The molecule has 0 fully saturated rings. The molecular weight excluding hydrogens is 248 g/mol. The predicted octanol–water partition coefficient (Wildman–Crippen LogP) is 1.14. The highest BCUT2D eigenvalue weighted by molar-refractivity contribution is 5.81. The summed E-state index contributed by atoms with van der Waals surface area (Å²) in [6.45, 7) is 5.11. The van der Waals surface area contributed by atoms with Crippen molar-refractivity contribution in [3.05, 3.63) is 28.3 Å². The summed E-state index contributed by atoms with van der Waals surface area (Å²) < 4.78 is 0. The van der Waals surface area contributed by atoms with Crippen LogP contribution in [0.5, 0.6) is 0 Å². The van der Waals surface area contributed by atoms with Crippen LogP contribution in [0.15, 0.2) is 18.2 Å². The number of amides is 1. The van der Waals surface area contributed by atoms with Gasteiger partial charge in [-0.15, -0.1) is 0 Å². The molecule has 1 aromatic rings. The number of nitrogens with two attached hydrogens (primary N) is 1. The van der Waals surface area contributed by atoms with Crippen molar-refractivity contribution < 1.29 is 9.72 Å². The number of nitro benzene ring substituents is 1. The number of carbonyl (C=O) groups excluding carboxylic acids is 1. The minimum atomic E-state index is -0.529. The zero-order valence-electron chi connectivity index (χ0n) is 11.0. The van der Waals surface area contributed by atoms with Gasteiger partial charge >= 0.3 is 0 Å². The zero-order chi connectivity index (χ0) is 14.4. The lowest BCUT2D eigenvalue weighted by Gasteiger charge is -2.22. The van der Waals surface area contributed by atoms with Gasteiger partial charge < -0.3 is 16.0 Å². The normalized spacial score (nSPS) is 10.0. The Morgan fingerprint density at radius 1 is 1.47 bits per heavy atom. The Bertz CT molecular complexity index is 476. The van der Waals surface area contributed by atoms with Crippen molar-refractivity contribution in [2.45, 2.75) is 13.8 Å². The lowest BCUT2D eigenvalue weighted by atomic mass is 10.2. The summed E-state index contributed by atoms with van der Waals surface area (Å²) >= 11 is 0. The van der Waals surface area contributed by atoms with E-state index in [9.17, 15) is 14.9 Å². The number of nitrogens with one attached hydrogen (secondary N) is 1. The van der Waals surface area contributed by atoms with Crippen LogP contribution in [0.4, 0.5) is 17.1 Å². The quantitative estimate of drug-likeness (QED) is 0.456. The average molecular weight is 266 g/mol. The molecule has 0 aliphatic carbocycles. The number of likely N-dealkylation sites (N-methyl/N-ethyl adjacent to an activating group) is 2. The van der Waals surface area contributed by atoms with Gasteiger partial charge in [0.15, 0.2) is 0 Å². The summed E-state index contributed by atoms with van der Waals surface area (Å²) in [6, 6.07) is 4.46. The van der Waals surface area contributed by atoms with Gasteiger partial charge in [-0.1, -0.05) is 0 Å². The Balaban J connectivity index is 2.90. The van der Waals surface area contributed by atoms with Gasteiger partial charge in [0.1, 0.15) is 5.69 Å². The molecule has 0 aliphatic rings. The number of carbonyl (C=O) groups is 1. The van der Waals surface area contributed by atoms with E-state index in [0.717, 1.165) is 0 Å². The topological polar surface area (TPSA) is 102 Å². The van der Waals surface area contributed by atoms with Crippen LogP contribution in [0.1, 0.15) is 13.8 Å². The van der Waals surface area contributed by atoms with Crippen LogP contribution in [-0.4, -0.2) is 30.5 Å². The number of nitrogen functional groups attached to an aromatic ring is 1. The average Bonchev–Trinajstić information content (AvgIpc) is 2.35. The second kappa shape index (κ2) is 6.58. The molecule has 19 heavy (non-hydrogen) atoms. The van der Waals surface area contributed by atoms with E-state index in [1.165, 1.54) is 12.1 Å². The first kappa shape index (κ1) is 14.7. The number of anilines is 2. The van der Waals surface area contributed by atoms with Gasteiger partial charge in [0.05, 0.1) is 11.5 Å². The van der Waals surface area contributed by atoms with Crippen LogP contribution in [0.2, 0.25) is 0 Å². The minimum Gasteiger partial charge on any atom is -0.393 e. The number of nitro groups is 1. The molecule has 0 aliphatic heterocycles. The number of benzene rings is 1. The summed E-state index contributed by atoms with van der Waals surface area (Å²) in [5.41, 5.74) is 6.29. The number of hydrogen-bond acceptors (Lipinski definition) is 5. The molecule has 3 N–H and O–H groups in total. The van der Waals surface area contributed by atoms with E-state index in [1.54, 1.807) is 11.0 Å². The van der Waals surface area contributed by atoms with E-state index >= 15 is 0 Å². The van der Waals surface area contributed by atoms with Crippen molar-refractivity contribution >= 4 is 23.0 Å². The van der Waals surface area contributed by atoms with Gasteiger partial charge in [-0.25, -0.2) is 0 Å². The van der Waals surface area contributed by atoms with Gasteiger partial charge in [0.2, 0.25) is 5.91 Å². The maximum absolute atomic E-state index is 11.6. The Labute approximate surface area is 111 Å². The molecule has 0 radical (unpaired) electrons. The largest absolute Gasteiger partial charge is 0.393 e. The molecule has 104 valence electrons. The Morgan fingerprint density at radius 2 is 2.16 bits per heavy atom. The van der Waals surface area contributed by atoms with Crippen LogP contribution in [0, 0.1) is 10.1 Å². The molecular formula is C12H18N4O3. The Morgan fingerprint density at radius 3 is 2.63 bits per heavy atom. The molecule has 0 saturated carbocycles. The van der Waals surface area contributed by atoms with E-state index in [1.807, 2.05) is 13.8 Å². The lowest BCUT2D eigenvalue weighted by Crippen LogP contribution is -2.37. The predicted molar refractivity (Wildman–Crippen MR) is 74.1 cm³/mol. The summed E-state index contributed by atoms with van der Waals surface area (Å²) in [6.07, 6.45) is 0. The highest BCUT2D eigenvalue weighted by Gasteiger charge is 2.15. The van der Waals surface area contributed by atoms with E-state index in [4.69, 9.17) is 5.73 Å². The van der Waals surface area contributed by atoms with Crippen molar-refractivity contribution in [2.75, 3.05) is 30.3 Å². The maximum atomic E-state index is 11.6. The van der Waals surface area contributed by atoms with E-state index < -0.39 is 4.92 Å². The zero-order valence-corrected chi connectivity index (χ0v) is 11.0.